The SMILES string of the molecule is CC(=O)C(c1csc(N)n1)C(C)C(=O)OCc1ccccc1. The lowest BCUT2D eigenvalue weighted by atomic mass is 9.88. The monoisotopic (exact) mass is 318 g/mol. The fraction of sp³-hybridized carbons (Fsp3) is 0.312. The van der Waals surface area contributed by atoms with E-state index in [0.29, 0.717) is 10.8 Å². The zero-order valence-corrected chi connectivity index (χ0v) is 13.3. The van der Waals surface area contributed by atoms with Crippen molar-refractivity contribution in [2.45, 2.75) is 26.4 Å². The van der Waals surface area contributed by atoms with Gasteiger partial charge < -0.3 is 10.5 Å². The van der Waals surface area contributed by atoms with Crippen LogP contribution in [0.4, 0.5) is 5.13 Å². The summed E-state index contributed by atoms with van der Waals surface area (Å²) in [7, 11) is 0. The number of ether oxygens (including phenoxy) is 1. The van der Waals surface area contributed by atoms with E-state index in [0.717, 1.165) is 5.56 Å². The number of esters is 1. The lowest BCUT2D eigenvalue weighted by Crippen LogP contribution is -2.26. The van der Waals surface area contributed by atoms with E-state index in [1.165, 1.54) is 18.3 Å². The molecular formula is C16H18N2O3S. The van der Waals surface area contributed by atoms with Gasteiger partial charge in [-0.15, -0.1) is 11.3 Å². The van der Waals surface area contributed by atoms with Crippen LogP contribution in [-0.2, 0) is 20.9 Å². The van der Waals surface area contributed by atoms with Crippen molar-refractivity contribution in [1.82, 2.24) is 4.98 Å². The van der Waals surface area contributed by atoms with Gasteiger partial charge in [-0.2, -0.15) is 0 Å². The maximum absolute atomic E-state index is 12.2. The summed E-state index contributed by atoms with van der Waals surface area (Å²) in [4.78, 5) is 28.2. The van der Waals surface area contributed by atoms with Gasteiger partial charge in [-0.05, 0) is 12.5 Å². The fourth-order valence-electron chi connectivity index (χ4n) is 2.26. The number of nitrogens with zero attached hydrogens (tertiary/aromatic N) is 1. The van der Waals surface area contributed by atoms with Gasteiger partial charge in [0.05, 0.1) is 17.5 Å². The van der Waals surface area contributed by atoms with Gasteiger partial charge >= 0.3 is 5.97 Å². The molecule has 0 aliphatic heterocycles. The van der Waals surface area contributed by atoms with E-state index in [4.69, 9.17) is 10.5 Å². The number of thiazole rings is 1. The molecular weight excluding hydrogens is 300 g/mol. The Kier molecular flexibility index (Phi) is 5.27. The normalized spacial score (nSPS) is 13.4. The Hall–Kier alpha value is -2.21. The van der Waals surface area contributed by atoms with Gasteiger partial charge in [0, 0.05) is 5.38 Å². The average Bonchev–Trinajstić information content (AvgIpc) is 2.91. The van der Waals surface area contributed by atoms with Crippen LogP contribution >= 0.6 is 11.3 Å². The van der Waals surface area contributed by atoms with Crippen molar-refractivity contribution in [3.05, 3.63) is 47.0 Å². The molecule has 0 spiro atoms. The predicted octanol–water partition coefficient (Wildman–Crippen LogP) is 2.78. The molecule has 0 saturated carbocycles. The van der Waals surface area contributed by atoms with Crippen LogP contribution < -0.4 is 5.73 Å². The largest absolute Gasteiger partial charge is 0.461 e. The van der Waals surface area contributed by atoms with E-state index in [1.54, 1.807) is 12.3 Å². The first-order valence-corrected chi connectivity index (χ1v) is 7.79. The number of ketones is 1. The Morgan fingerprint density at radius 1 is 1.32 bits per heavy atom. The molecule has 22 heavy (non-hydrogen) atoms. The van der Waals surface area contributed by atoms with Crippen LogP contribution in [0.25, 0.3) is 0 Å². The highest BCUT2D eigenvalue weighted by Gasteiger charge is 2.32. The topological polar surface area (TPSA) is 82.3 Å². The number of rotatable bonds is 6. The molecule has 0 fully saturated rings. The number of hydrogen-bond acceptors (Lipinski definition) is 6. The summed E-state index contributed by atoms with van der Waals surface area (Å²) >= 11 is 1.25. The molecule has 116 valence electrons. The molecule has 2 rings (SSSR count). The Morgan fingerprint density at radius 2 is 2.00 bits per heavy atom. The molecule has 5 nitrogen and oxygen atoms in total. The third kappa shape index (κ3) is 3.92. The number of Topliss-reactive ketones (excluding diaryl/α,β-unsaturated/α-hetero) is 1. The van der Waals surface area contributed by atoms with Crippen LogP contribution in [0.15, 0.2) is 35.7 Å². The van der Waals surface area contributed by atoms with Crippen molar-refractivity contribution in [3.8, 4) is 0 Å². The molecule has 0 bridgehead atoms. The molecule has 0 amide bonds. The minimum atomic E-state index is -0.628. The second kappa shape index (κ2) is 7.17. The minimum Gasteiger partial charge on any atom is -0.461 e. The van der Waals surface area contributed by atoms with E-state index in [1.807, 2.05) is 30.3 Å². The summed E-state index contributed by atoms with van der Waals surface area (Å²) < 4.78 is 5.30. The van der Waals surface area contributed by atoms with Gasteiger partial charge in [-0.1, -0.05) is 37.3 Å². The van der Waals surface area contributed by atoms with E-state index >= 15 is 0 Å². The number of hydrogen-bond donors (Lipinski definition) is 1. The predicted molar refractivity (Wildman–Crippen MR) is 85.4 cm³/mol. The summed E-state index contributed by atoms with van der Waals surface area (Å²) in [6.07, 6.45) is 0. The van der Waals surface area contributed by atoms with Crippen molar-refractivity contribution in [3.63, 3.8) is 0 Å². The lowest BCUT2D eigenvalue weighted by molar-refractivity contribution is -0.151. The molecule has 6 heteroatoms. The van der Waals surface area contributed by atoms with Crippen LogP contribution in [0.1, 0.15) is 31.0 Å². The van der Waals surface area contributed by atoms with Gasteiger partial charge in [0.1, 0.15) is 12.4 Å². The Labute approximate surface area is 133 Å². The smallest absolute Gasteiger partial charge is 0.310 e. The molecule has 2 N–H and O–H groups in total. The number of nitrogen functional groups attached to an aromatic ring is 1. The van der Waals surface area contributed by atoms with E-state index in [2.05, 4.69) is 4.98 Å². The average molecular weight is 318 g/mol. The second-order valence-corrected chi connectivity index (χ2v) is 5.97. The highest BCUT2D eigenvalue weighted by Crippen LogP contribution is 2.28. The summed E-state index contributed by atoms with van der Waals surface area (Å²) in [6, 6.07) is 9.40. The third-order valence-corrected chi connectivity index (χ3v) is 4.08. The molecule has 2 aromatic rings. The number of nitrogens with two attached hydrogens (primary N) is 1. The summed E-state index contributed by atoms with van der Waals surface area (Å²) in [6.45, 7) is 3.31. The van der Waals surface area contributed by atoms with E-state index in [9.17, 15) is 9.59 Å². The van der Waals surface area contributed by atoms with Crippen LogP contribution in [-0.4, -0.2) is 16.7 Å². The highest BCUT2D eigenvalue weighted by atomic mass is 32.1. The van der Waals surface area contributed by atoms with Gasteiger partial charge in [0.25, 0.3) is 0 Å². The van der Waals surface area contributed by atoms with E-state index < -0.39 is 17.8 Å². The van der Waals surface area contributed by atoms with Crippen molar-refractivity contribution < 1.29 is 14.3 Å². The molecule has 1 heterocycles. The van der Waals surface area contributed by atoms with Crippen LogP contribution in [0.3, 0.4) is 0 Å². The number of carbonyl (C=O) groups excluding carboxylic acids is 2. The van der Waals surface area contributed by atoms with E-state index in [-0.39, 0.29) is 12.4 Å². The standard InChI is InChI=1S/C16H18N2O3S/c1-10(14(11(2)19)13-9-22-16(17)18-13)15(20)21-8-12-6-4-3-5-7-12/h3-7,9-10,14H,8H2,1-2H3,(H2,17,18). The quantitative estimate of drug-likeness (QED) is 0.828. The number of carbonyl (C=O) groups is 2. The molecule has 0 aliphatic rings. The minimum absolute atomic E-state index is 0.130. The van der Waals surface area contributed by atoms with Crippen molar-refractivity contribution in [2.75, 3.05) is 5.73 Å². The number of benzene rings is 1. The Morgan fingerprint density at radius 3 is 2.55 bits per heavy atom. The summed E-state index contributed by atoms with van der Waals surface area (Å²) in [5.41, 5.74) is 7.04. The van der Waals surface area contributed by atoms with Gasteiger partial charge in [0.2, 0.25) is 0 Å². The van der Waals surface area contributed by atoms with Gasteiger partial charge in [-0.3, -0.25) is 9.59 Å². The first-order chi connectivity index (χ1) is 10.5. The number of aromatic nitrogens is 1. The molecule has 2 atom stereocenters. The van der Waals surface area contributed by atoms with Crippen LogP contribution in [0.2, 0.25) is 0 Å². The van der Waals surface area contributed by atoms with Crippen LogP contribution in [0.5, 0.6) is 0 Å². The highest BCUT2D eigenvalue weighted by molar-refractivity contribution is 7.13. The maximum Gasteiger partial charge on any atom is 0.310 e. The molecule has 0 saturated heterocycles. The maximum atomic E-state index is 12.2. The van der Waals surface area contributed by atoms with Crippen molar-refractivity contribution >= 4 is 28.2 Å². The first kappa shape index (κ1) is 16.2. The van der Waals surface area contributed by atoms with Gasteiger partial charge in [0.15, 0.2) is 5.13 Å². The summed E-state index contributed by atoms with van der Waals surface area (Å²) in [5, 5.41) is 2.09. The second-order valence-electron chi connectivity index (χ2n) is 5.08. The molecule has 1 aromatic carbocycles. The molecule has 2 unspecified atom stereocenters. The third-order valence-electron chi connectivity index (χ3n) is 3.39. The zero-order chi connectivity index (χ0) is 16.1. The first-order valence-electron chi connectivity index (χ1n) is 6.91. The summed E-state index contributed by atoms with van der Waals surface area (Å²) in [5.74, 6) is -1.79. The fourth-order valence-corrected chi connectivity index (χ4v) is 2.86. The Bertz CT molecular complexity index is 654. The van der Waals surface area contributed by atoms with Crippen molar-refractivity contribution in [1.29, 1.82) is 0 Å². The van der Waals surface area contributed by atoms with Crippen molar-refractivity contribution in [2.24, 2.45) is 5.92 Å². The number of anilines is 1. The van der Waals surface area contributed by atoms with Crippen LogP contribution in [0, 0.1) is 5.92 Å². The molecule has 0 radical (unpaired) electrons. The molecule has 0 aliphatic carbocycles. The molecule has 1 aromatic heterocycles. The zero-order valence-electron chi connectivity index (χ0n) is 12.5. The lowest BCUT2D eigenvalue weighted by Gasteiger charge is -2.18. The Balaban J connectivity index is 2.05. The van der Waals surface area contributed by atoms with Gasteiger partial charge in [-0.25, -0.2) is 4.98 Å².